The number of aromatic nitrogens is 2. The predicted molar refractivity (Wildman–Crippen MR) is 94.9 cm³/mol. The molecule has 1 aliphatic heterocycles. The molecule has 0 bridgehead atoms. The van der Waals surface area contributed by atoms with Crippen molar-refractivity contribution < 1.29 is 9.90 Å². The number of carbonyl (C=O) groups is 1. The molecule has 5 nitrogen and oxygen atoms in total. The molecule has 2 aromatic rings. The minimum absolute atomic E-state index is 0.00684. The average molecular weight is 339 g/mol. The third-order valence-electron chi connectivity index (χ3n) is 5.94. The van der Waals surface area contributed by atoms with Crippen molar-refractivity contribution >= 4 is 5.91 Å². The van der Waals surface area contributed by atoms with Crippen molar-refractivity contribution in [3.05, 3.63) is 54.1 Å². The maximum absolute atomic E-state index is 13.0. The maximum Gasteiger partial charge on any atom is 0.274 e. The van der Waals surface area contributed by atoms with Gasteiger partial charge in [0.15, 0.2) is 0 Å². The minimum Gasteiger partial charge on any atom is -0.385 e. The van der Waals surface area contributed by atoms with Crippen molar-refractivity contribution in [1.82, 2.24) is 14.5 Å². The second-order valence-electron chi connectivity index (χ2n) is 7.42. The molecule has 1 amide bonds. The lowest BCUT2D eigenvalue weighted by Gasteiger charge is -2.52. The SMILES string of the molecule is Cn1cnc(C(=O)N2CC[C@](O)(c3ccccc3)[C@H]3CCCC[C@H]32)c1. The molecule has 0 spiro atoms. The Morgan fingerprint density at radius 3 is 2.72 bits per heavy atom. The van der Waals surface area contributed by atoms with Gasteiger partial charge in [-0.05, 0) is 24.8 Å². The maximum atomic E-state index is 13.0. The number of aryl methyl sites for hydroxylation is 1. The first-order chi connectivity index (χ1) is 12.1. The van der Waals surface area contributed by atoms with E-state index in [4.69, 9.17) is 0 Å². The number of benzene rings is 1. The largest absolute Gasteiger partial charge is 0.385 e. The number of hydrogen-bond acceptors (Lipinski definition) is 3. The third-order valence-corrected chi connectivity index (χ3v) is 5.94. The van der Waals surface area contributed by atoms with Crippen molar-refractivity contribution in [2.75, 3.05) is 6.54 Å². The number of hydrogen-bond donors (Lipinski definition) is 1. The summed E-state index contributed by atoms with van der Waals surface area (Å²) in [5.74, 6) is 0.0812. The Hall–Kier alpha value is -2.14. The van der Waals surface area contributed by atoms with Crippen LogP contribution in [0.25, 0.3) is 0 Å². The summed E-state index contributed by atoms with van der Waals surface area (Å²) in [5, 5.41) is 11.6. The lowest BCUT2D eigenvalue weighted by atomic mass is 9.66. The molecular formula is C20H25N3O2. The van der Waals surface area contributed by atoms with E-state index in [2.05, 4.69) is 4.98 Å². The molecule has 2 fully saturated rings. The van der Waals surface area contributed by atoms with Crippen molar-refractivity contribution in [2.45, 2.75) is 43.7 Å². The summed E-state index contributed by atoms with van der Waals surface area (Å²) in [7, 11) is 1.87. The van der Waals surface area contributed by atoms with Crippen molar-refractivity contribution in [2.24, 2.45) is 13.0 Å². The average Bonchev–Trinajstić information content (AvgIpc) is 3.09. The van der Waals surface area contributed by atoms with E-state index < -0.39 is 5.60 Å². The quantitative estimate of drug-likeness (QED) is 0.915. The molecule has 0 unspecified atom stereocenters. The molecule has 25 heavy (non-hydrogen) atoms. The fraction of sp³-hybridized carbons (Fsp3) is 0.500. The topological polar surface area (TPSA) is 58.4 Å². The highest BCUT2D eigenvalue weighted by Gasteiger charge is 2.50. The number of amides is 1. The molecule has 132 valence electrons. The number of aliphatic hydroxyl groups is 1. The van der Waals surface area contributed by atoms with Crippen molar-refractivity contribution in [1.29, 1.82) is 0 Å². The van der Waals surface area contributed by atoms with Crippen LogP contribution in [0.15, 0.2) is 42.9 Å². The van der Waals surface area contributed by atoms with Crippen LogP contribution in [0.2, 0.25) is 0 Å². The highest BCUT2D eigenvalue weighted by atomic mass is 16.3. The monoisotopic (exact) mass is 339 g/mol. The van der Waals surface area contributed by atoms with Crippen LogP contribution in [0.1, 0.15) is 48.2 Å². The van der Waals surface area contributed by atoms with Crippen LogP contribution >= 0.6 is 0 Å². The first-order valence-corrected chi connectivity index (χ1v) is 9.16. The lowest BCUT2D eigenvalue weighted by molar-refractivity contribution is -0.110. The standard InChI is InChI=1S/C20H25N3O2/c1-22-13-17(21-14-22)19(24)23-12-11-20(25,15-7-3-2-4-8-15)16-9-5-6-10-18(16)23/h2-4,7-8,13-14,16,18,25H,5-6,9-12H2,1H3/t16-,18+,20-/m0/s1. The summed E-state index contributed by atoms with van der Waals surface area (Å²) in [5.41, 5.74) is 0.640. The molecule has 1 aliphatic carbocycles. The van der Waals surface area contributed by atoms with E-state index in [1.54, 1.807) is 17.1 Å². The number of rotatable bonds is 2. The molecule has 1 aromatic carbocycles. The zero-order valence-corrected chi connectivity index (χ0v) is 14.6. The van der Waals surface area contributed by atoms with Crippen LogP contribution in [-0.4, -0.2) is 38.1 Å². The summed E-state index contributed by atoms with van der Waals surface area (Å²) in [4.78, 5) is 19.2. The minimum atomic E-state index is -0.840. The molecule has 5 heteroatoms. The summed E-state index contributed by atoms with van der Waals surface area (Å²) in [6, 6.07) is 10.1. The van der Waals surface area contributed by atoms with Gasteiger partial charge in [-0.2, -0.15) is 0 Å². The molecule has 0 radical (unpaired) electrons. The number of carbonyl (C=O) groups excluding carboxylic acids is 1. The van der Waals surface area contributed by atoms with Gasteiger partial charge >= 0.3 is 0 Å². The molecule has 4 rings (SSSR count). The van der Waals surface area contributed by atoms with Crippen molar-refractivity contribution in [3.63, 3.8) is 0 Å². The van der Waals surface area contributed by atoms with Gasteiger partial charge in [-0.1, -0.05) is 43.2 Å². The molecule has 3 atom stereocenters. The summed E-state index contributed by atoms with van der Waals surface area (Å²) in [6.45, 7) is 0.571. The third kappa shape index (κ3) is 2.76. The van der Waals surface area contributed by atoms with E-state index in [0.717, 1.165) is 31.2 Å². The Kier molecular flexibility index (Phi) is 4.12. The first-order valence-electron chi connectivity index (χ1n) is 9.16. The second-order valence-corrected chi connectivity index (χ2v) is 7.42. The summed E-state index contributed by atoms with van der Waals surface area (Å²) < 4.78 is 1.80. The van der Waals surface area contributed by atoms with Crippen LogP contribution in [0.4, 0.5) is 0 Å². The van der Waals surface area contributed by atoms with E-state index >= 15 is 0 Å². The van der Waals surface area contributed by atoms with Gasteiger partial charge in [-0.25, -0.2) is 4.98 Å². The zero-order chi connectivity index (χ0) is 17.4. The lowest BCUT2D eigenvalue weighted by Crippen LogP contribution is -2.59. The summed E-state index contributed by atoms with van der Waals surface area (Å²) in [6.07, 6.45) is 8.16. The Balaban J connectivity index is 1.65. The number of fused-ring (bicyclic) bond motifs is 1. The Labute approximate surface area is 148 Å². The fourth-order valence-electron chi connectivity index (χ4n) is 4.69. The van der Waals surface area contributed by atoms with Gasteiger partial charge in [-0.3, -0.25) is 4.79 Å². The van der Waals surface area contributed by atoms with Gasteiger partial charge < -0.3 is 14.6 Å². The zero-order valence-electron chi connectivity index (χ0n) is 14.6. The highest BCUT2D eigenvalue weighted by molar-refractivity contribution is 5.92. The second kappa shape index (κ2) is 6.30. The number of likely N-dealkylation sites (tertiary alicyclic amines) is 1. The summed E-state index contributed by atoms with van der Waals surface area (Å²) >= 11 is 0. The van der Waals surface area contributed by atoms with Gasteiger partial charge in [0.1, 0.15) is 5.69 Å². The van der Waals surface area contributed by atoms with Crippen molar-refractivity contribution in [3.8, 4) is 0 Å². The van der Waals surface area contributed by atoms with Gasteiger partial charge in [0.05, 0.1) is 11.9 Å². The van der Waals surface area contributed by atoms with Crippen LogP contribution in [0.3, 0.4) is 0 Å². The molecule has 1 saturated carbocycles. The van der Waals surface area contributed by atoms with E-state index in [1.165, 1.54) is 0 Å². The fourth-order valence-corrected chi connectivity index (χ4v) is 4.69. The van der Waals surface area contributed by atoms with Crippen LogP contribution in [0.5, 0.6) is 0 Å². The van der Waals surface area contributed by atoms with E-state index in [-0.39, 0.29) is 17.9 Å². The van der Waals surface area contributed by atoms with Crippen LogP contribution in [0, 0.1) is 5.92 Å². The van der Waals surface area contributed by atoms with Gasteiger partial charge in [-0.15, -0.1) is 0 Å². The van der Waals surface area contributed by atoms with Gasteiger partial charge in [0.25, 0.3) is 5.91 Å². The molecule has 1 N–H and O–H groups in total. The highest BCUT2D eigenvalue weighted by Crippen LogP contribution is 2.47. The normalized spacial score (nSPS) is 29.3. The van der Waals surface area contributed by atoms with Gasteiger partial charge in [0, 0.05) is 31.7 Å². The Bertz CT molecular complexity index is 757. The Morgan fingerprint density at radius 1 is 1.24 bits per heavy atom. The molecule has 1 saturated heterocycles. The van der Waals surface area contributed by atoms with Crippen LogP contribution < -0.4 is 0 Å². The van der Waals surface area contributed by atoms with E-state index in [0.29, 0.717) is 18.7 Å². The molecule has 2 aliphatic rings. The smallest absolute Gasteiger partial charge is 0.274 e. The van der Waals surface area contributed by atoms with Gasteiger partial charge in [0.2, 0.25) is 0 Å². The molecule has 1 aromatic heterocycles. The predicted octanol–water partition coefficient (Wildman–Crippen LogP) is 2.71. The molecule has 2 heterocycles. The number of nitrogens with zero attached hydrogens (tertiary/aromatic N) is 3. The van der Waals surface area contributed by atoms with E-state index in [1.807, 2.05) is 42.3 Å². The number of imidazole rings is 1. The van der Waals surface area contributed by atoms with Crippen LogP contribution in [-0.2, 0) is 12.6 Å². The Morgan fingerprint density at radius 2 is 2.00 bits per heavy atom. The number of piperidine rings is 1. The first kappa shape index (κ1) is 16.3. The molecular weight excluding hydrogens is 314 g/mol. The van der Waals surface area contributed by atoms with E-state index in [9.17, 15) is 9.90 Å².